The highest BCUT2D eigenvalue weighted by molar-refractivity contribution is 6.34. The SMILES string of the molecule is COC(=O)c1cccc(Oc2cc(Cl)cc(Cl)c2)c1. The van der Waals surface area contributed by atoms with E-state index < -0.39 is 5.97 Å². The van der Waals surface area contributed by atoms with Crippen molar-refractivity contribution in [1.29, 1.82) is 0 Å². The molecular weight excluding hydrogens is 287 g/mol. The molecule has 0 fully saturated rings. The molecule has 2 aromatic carbocycles. The monoisotopic (exact) mass is 296 g/mol. The third-order valence-electron chi connectivity index (χ3n) is 2.33. The Morgan fingerprint density at radius 2 is 1.68 bits per heavy atom. The molecule has 19 heavy (non-hydrogen) atoms. The molecule has 2 rings (SSSR count). The van der Waals surface area contributed by atoms with Crippen molar-refractivity contribution in [3.8, 4) is 11.5 Å². The molecular formula is C14H10Cl2O3. The Kier molecular flexibility index (Phi) is 4.30. The highest BCUT2D eigenvalue weighted by Gasteiger charge is 2.07. The molecule has 0 aliphatic carbocycles. The van der Waals surface area contributed by atoms with Crippen LogP contribution >= 0.6 is 23.2 Å². The van der Waals surface area contributed by atoms with Gasteiger partial charge in [0, 0.05) is 10.0 Å². The summed E-state index contributed by atoms with van der Waals surface area (Å²) in [6.07, 6.45) is 0. The van der Waals surface area contributed by atoms with Gasteiger partial charge in [0.2, 0.25) is 0 Å². The molecule has 0 atom stereocenters. The van der Waals surface area contributed by atoms with Gasteiger partial charge in [-0.25, -0.2) is 4.79 Å². The van der Waals surface area contributed by atoms with Crippen LogP contribution in [0.4, 0.5) is 0 Å². The number of hydrogen-bond acceptors (Lipinski definition) is 3. The van der Waals surface area contributed by atoms with Crippen LogP contribution in [0.1, 0.15) is 10.4 Å². The van der Waals surface area contributed by atoms with E-state index in [1.54, 1.807) is 42.5 Å². The Balaban J connectivity index is 2.25. The predicted octanol–water partition coefficient (Wildman–Crippen LogP) is 4.57. The molecule has 0 N–H and O–H groups in total. The van der Waals surface area contributed by atoms with E-state index in [0.717, 1.165) is 0 Å². The highest BCUT2D eigenvalue weighted by atomic mass is 35.5. The fourth-order valence-electron chi connectivity index (χ4n) is 1.53. The minimum absolute atomic E-state index is 0.410. The van der Waals surface area contributed by atoms with Crippen molar-refractivity contribution in [3.05, 3.63) is 58.1 Å². The summed E-state index contributed by atoms with van der Waals surface area (Å²) in [4.78, 5) is 11.4. The molecule has 0 aromatic heterocycles. The van der Waals surface area contributed by atoms with Crippen molar-refractivity contribution in [1.82, 2.24) is 0 Å². The minimum Gasteiger partial charge on any atom is -0.465 e. The smallest absolute Gasteiger partial charge is 0.337 e. The number of carbonyl (C=O) groups excluding carboxylic acids is 1. The lowest BCUT2D eigenvalue weighted by molar-refractivity contribution is 0.0600. The summed E-state index contributed by atoms with van der Waals surface area (Å²) in [5, 5.41) is 0.957. The summed E-state index contributed by atoms with van der Waals surface area (Å²) < 4.78 is 10.2. The average Bonchev–Trinajstić information content (AvgIpc) is 2.37. The van der Waals surface area contributed by atoms with E-state index in [4.69, 9.17) is 27.9 Å². The molecule has 3 nitrogen and oxygen atoms in total. The summed E-state index contributed by atoms with van der Waals surface area (Å²) in [6, 6.07) is 11.5. The highest BCUT2D eigenvalue weighted by Crippen LogP contribution is 2.28. The topological polar surface area (TPSA) is 35.5 Å². The third-order valence-corrected chi connectivity index (χ3v) is 2.76. The van der Waals surface area contributed by atoms with Gasteiger partial charge in [0.05, 0.1) is 12.7 Å². The number of halogens is 2. The van der Waals surface area contributed by atoms with Gasteiger partial charge in [-0.15, -0.1) is 0 Å². The number of benzene rings is 2. The van der Waals surface area contributed by atoms with E-state index in [1.165, 1.54) is 7.11 Å². The lowest BCUT2D eigenvalue weighted by atomic mass is 10.2. The molecule has 98 valence electrons. The largest absolute Gasteiger partial charge is 0.465 e. The molecule has 2 aromatic rings. The van der Waals surface area contributed by atoms with Gasteiger partial charge >= 0.3 is 5.97 Å². The van der Waals surface area contributed by atoms with Gasteiger partial charge in [-0.2, -0.15) is 0 Å². The first-order chi connectivity index (χ1) is 9.08. The first kappa shape index (κ1) is 13.7. The molecule has 0 unspecified atom stereocenters. The number of esters is 1. The van der Waals surface area contributed by atoms with Crippen molar-refractivity contribution >= 4 is 29.2 Å². The first-order valence-corrected chi connectivity index (χ1v) is 6.16. The predicted molar refractivity (Wildman–Crippen MR) is 74.3 cm³/mol. The average molecular weight is 297 g/mol. The number of methoxy groups -OCH3 is 1. The Morgan fingerprint density at radius 1 is 1.00 bits per heavy atom. The Hall–Kier alpha value is -1.71. The van der Waals surface area contributed by atoms with Crippen molar-refractivity contribution in [3.63, 3.8) is 0 Å². The van der Waals surface area contributed by atoms with Gasteiger partial charge in [-0.1, -0.05) is 29.3 Å². The van der Waals surface area contributed by atoms with Crippen molar-refractivity contribution < 1.29 is 14.3 Å². The van der Waals surface area contributed by atoms with Crippen LogP contribution in [0.3, 0.4) is 0 Å². The Morgan fingerprint density at radius 3 is 2.32 bits per heavy atom. The zero-order valence-electron chi connectivity index (χ0n) is 10.0. The van der Waals surface area contributed by atoms with E-state index in [1.807, 2.05) is 0 Å². The quantitative estimate of drug-likeness (QED) is 0.778. The molecule has 0 aliphatic heterocycles. The van der Waals surface area contributed by atoms with Crippen LogP contribution in [0, 0.1) is 0 Å². The molecule has 0 radical (unpaired) electrons. The number of rotatable bonds is 3. The van der Waals surface area contributed by atoms with Crippen LogP contribution in [0.5, 0.6) is 11.5 Å². The zero-order chi connectivity index (χ0) is 13.8. The van der Waals surface area contributed by atoms with Crippen LogP contribution in [0.2, 0.25) is 10.0 Å². The molecule has 5 heteroatoms. The molecule has 0 saturated heterocycles. The molecule has 0 spiro atoms. The summed E-state index contributed by atoms with van der Waals surface area (Å²) in [5.41, 5.74) is 0.410. The normalized spacial score (nSPS) is 10.1. The van der Waals surface area contributed by atoms with Gasteiger partial charge in [0.15, 0.2) is 0 Å². The molecule has 0 aliphatic rings. The summed E-state index contributed by atoms with van der Waals surface area (Å²) in [6.45, 7) is 0. The second-order valence-corrected chi connectivity index (χ2v) is 4.60. The maximum absolute atomic E-state index is 11.4. The van der Waals surface area contributed by atoms with Crippen LogP contribution < -0.4 is 4.74 Å². The van der Waals surface area contributed by atoms with Crippen molar-refractivity contribution in [2.24, 2.45) is 0 Å². The van der Waals surface area contributed by atoms with Crippen LogP contribution in [0.25, 0.3) is 0 Å². The fourth-order valence-corrected chi connectivity index (χ4v) is 2.03. The zero-order valence-corrected chi connectivity index (χ0v) is 11.5. The molecule has 0 saturated carbocycles. The minimum atomic E-state index is -0.422. The number of carbonyl (C=O) groups is 1. The third kappa shape index (κ3) is 3.63. The van der Waals surface area contributed by atoms with Gasteiger partial charge in [0.1, 0.15) is 11.5 Å². The van der Waals surface area contributed by atoms with Crippen LogP contribution in [-0.2, 0) is 4.74 Å². The lowest BCUT2D eigenvalue weighted by Gasteiger charge is -2.07. The van der Waals surface area contributed by atoms with Crippen LogP contribution in [-0.4, -0.2) is 13.1 Å². The maximum atomic E-state index is 11.4. The fraction of sp³-hybridized carbons (Fsp3) is 0.0714. The Bertz CT molecular complexity index is 591. The second kappa shape index (κ2) is 5.95. The van der Waals surface area contributed by atoms with E-state index in [-0.39, 0.29) is 0 Å². The van der Waals surface area contributed by atoms with Gasteiger partial charge in [-0.05, 0) is 36.4 Å². The van der Waals surface area contributed by atoms with Crippen LogP contribution in [0.15, 0.2) is 42.5 Å². The van der Waals surface area contributed by atoms with Crippen molar-refractivity contribution in [2.75, 3.05) is 7.11 Å². The number of ether oxygens (including phenoxy) is 2. The first-order valence-electron chi connectivity index (χ1n) is 5.41. The van der Waals surface area contributed by atoms with Gasteiger partial charge in [0.25, 0.3) is 0 Å². The van der Waals surface area contributed by atoms with E-state index in [0.29, 0.717) is 27.1 Å². The lowest BCUT2D eigenvalue weighted by Crippen LogP contribution is -2.00. The second-order valence-electron chi connectivity index (χ2n) is 3.73. The molecule has 0 heterocycles. The summed E-state index contributed by atoms with van der Waals surface area (Å²) >= 11 is 11.8. The van der Waals surface area contributed by atoms with E-state index in [9.17, 15) is 4.79 Å². The molecule has 0 amide bonds. The van der Waals surface area contributed by atoms with Gasteiger partial charge in [-0.3, -0.25) is 0 Å². The standard InChI is InChI=1S/C14H10Cl2O3/c1-18-14(17)9-3-2-4-12(5-9)19-13-7-10(15)6-11(16)8-13/h2-8H,1H3. The van der Waals surface area contributed by atoms with E-state index >= 15 is 0 Å². The number of hydrogen-bond donors (Lipinski definition) is 0. The van der Waals surface area contributed by atoms with Gasteiger partial charge < -0.3 is 9.47 Å². The summed E-state index contributed by atoms with van der Waals surface area (Å²) in [5.74, 6) is 0.579. The van der Waals surface area contributed by atoms with Crippen molar-refractivity contribution in [2.45, 2.75) is 0 Å². The molecule has 0 bridgehead atoms. The van der Waals surface area contributed by atoms with E-state index in [2.05, 4.69) is 4.74 Å². The maximum Gasteiger partial charge on any atom is 0.337 e. The Labute approximate surface area is 120 Å². The summed E-state index contributed by atoms with van der Waals surface area (Å²) in [7, 11) is 1.33.